The molecular weight excluding hydrogens is 358 g/mol. The van der Waals surface area contributed by atoms with E-state index >= 15 is 4.39 Å². The molecule has 2 saturated heterocycles. The SMILES string of the molecule is CC1(C)CN1n1cc(C(=O)O)c(=O)c2cc(F)c(N3CCC(N)C3)c(F)c21. The van der Waals surface area contributed by atoms with Crippen LogP contribution in [0.4, 0.5) is 14.5 Å². The Kier molecular flexibility index (Phi) is 3.71. The molecule has 0 aliphatic carbocycles. The van der Waals surface area contributed by atoms with Crippen molar-refractivity contribution in [2.24, 2.45) is 5.73 Å². The van der Waals surface area contributed by atoms with Gasteiger partial charge in [0.1, 0.15) is 22.6 Å². The topological polar surface area (TPSA) is 91.6 Å². The Balaban J connectivity index is 2.03. The van der Waals surface area contributed by atoms with Gasteiger partial charge in [0.15, 0.2) is 5.82 Å². The highest BCUT2D eigenvalue weighted by Crippen LogP contribution is 2.35. The van der Waals surface area contributed by atoms with Crippen LogP contribution in [0.1, 0.15) is 30.6 Å². The Morgan fingerprint density at radius 1 is 1.37 bits per heavy atom. The molecule has 0 radical (unpaired) electrons. The van der Waals surface area contributed by atoms with Crippen LogP contribution < -0.4 is 21.1 Å². The van der Waals surface area contributed by atoms with E-state index in [1.54, 1.807) is 5.01 Å². The number of pyridine rings is 1. The summed E-state index contributed by atoms with van der Waals surface area (Å²) >= 11 is 0. The molecule has 1 unspecified atom stereocenters. The van der Waals surface area contributed by atoms with Crippen LogP contribution >= 0.6 is 0 Å². The number of hydrogen-bond donors (Lipinski definition) is 2. The van der Waals surface area contributed by atoms with Gasteiger partial charge in [0, 0.05) is 25.3 Å². The van der Waals surface area contributed by atoms with E-state index in [2.05, 4.69) is 0 Å². The fraction of sp³-hybridized carbons (Fsp3) is 0.444. The van der Waals surface area contributed by atoms with Crippen LogP contribution in [0.25, 0.3) is 10.9 Å². The first kappa shape index (κ1) is 17.7. The van der Waals surface area contributed by atoms with E-state index in [4.69, 9.17) is 5.73 Å². The van der Waals surface area contributed by atoms with E-state index in [0.717, 1.165) is 12.3 Å². The Bertz CT molecular complexity index is 1030. The van der Waals surface area contributed by atoms with Crippen molar-refractivity contribution in [2.45, 2.75) is 31.8 Å². The van der Waals surface area contributed by atoms with Gasteiger partial charge in [-0.05, 0) is 26.3 Å². The lowest BCUT2D eigenvalue weighted by molar-refractivity contribution is 0.0695. The molecule has 3 N–H and O–H groups in total. The van der Waals surface area contributed by atoms with E-state index in [-0.39, 0.29) is 28.2 Å². The molecule has 2 aliphatic rings. The summed E-state index contributed by atoms with van der Waals surface area (Å²) in [6.45, 7) is 5.07. The van der Waals surface area contributed by atoms with Gasteiger partial charge < -0.3 is 20.7 Å². The molecular formula is C18H20F2N4O3. The summed E-state index contributed by atoms with van der Waals surface area (Å²) in [4.78, 5) is 25.5. The van der Waals surface area contributed by atoms with Crippen molar-refractivity contribution < 1.29 is 18.7 Å². The summed E-state index contributed by atoms with van der Waals surface area (Å²) in [5.41, 5.74) is 3.75. The van der Waals surface area contributed by atoms with E-state index in [0.29, 0.717) is 26.1 Å². The number of anilines is 1. The third-order valence-corrected chi connectivity index (χ3v) is 5.30. The fourth-order valence-corrected chi connectivity index (χ4v) is 3.71. The van der Waals surface area contributed by atoms with Crippen molar-refractivity contribution in [1.29, 1.82) is 0 Å². The van der Waals surface area contributed by atoms with E-state index in [1.165, 1.54) is 9.58 Å². The number of fused-ring (bicyclic) bond motifs is 1. The van der Waals surface area contributed by atoms with Crippen molar-refractivity contribution in [1.82, 2.24) is 4.68 Å². The Morgan fingerprint density at radius 2 is 2.04 bits per heavy atom. The second kappa shape index (κ2) is 5.66. The maximum absolute atomic E-state index is 15.5. The number of carboxylic acids is 1. The van der Waals surface area contributed by atoms with Crippen LogP contribution in [0.2, 0.25) is 0 Å². The fourth-order valence-electron chi connectivity index (χ4n) is 3.71. The highest BCUT2D eigenvalue weighted by Gasteiger charge is 2.45. The summed E-state index contributed by atoms with van der Waals surface area (Å²) < 4.78 is 31.5. The number of carbonyl (C=O) groups is 1. The smallest absolute Gasteiger partial charge is 0.341 e. The minimum Gasteiger partial charge on any atom is -0.477 e. The van der Waals surface area contributed by atoms with Crippen LogP contribution in [-0.2, 0) is 0 Å². The quantitative estimate of drug-likeness (QED) is 0.781. The Hall–Kier alpha value is -2.68. The van der Waals surface area contributed by atoms with Crippen molar-refractivity contribution in [2.75, 3.05) is 29.5 Å². The molecule has 0 bridgehead atoms. The predicted molar refractivity (Wildman–Crippen MR) is 97.1 cm³/mol. The minimum absolute atomic E-state index is 0.118. The van der Waals surface area contributed by atoms with Gasteiger partial charge in [-0.15, -0.1) is 0 Å². The standard InChI is InChI=1S/C18H20F2N4O3/c1-18(2)8-24(18)23-7-11(17(26)27)16(25)10-5-12(19)15(13(20)14(10)23)22-4-3-9(21)6-22/h5,7,9H,3-4,6,8,21H2,1-2H3,(H,26,27). The van der Waals surface area contributed by atoms with Crippen molar-refractivity contribution in [3.8, 4) is 0 Å². The number of hydrogen-bond acceptors (Lipinski definition) is 5. The molecule has 4 rings (SSSR count). The molecule has 0 amide bonds. The molecule has 1 aromatic heterocycles. The minimum atomic E-state index is -1.44. The van der Waals surface area contributed by atoms with Crippen LogP contribution in [0.5, 0.6) is 0 Å². The average Bonchev–Trinajstić information content (AvgIpc) is 2.99. The number of nitrogens with zero attached hydrogens (tertiary/aromatic N) is 3. The molecule has 7 nitrogen and oxygen atoms in total. The molecule has 9 heteroatoms. The molecule has 27 heavy (non-hydrogen) atoms. The summed E-state index contributed by atoms with van der Waals surface area (Å²) in [5, 5.41) is 10.8. The summed E-state index contributed by atoms with van der Waals surface area (Å²) in [5.74, 6) is -3.22. The van der Waals surface area contributed by atoms with Crippen LogP contribution in [0, 0.1) is 11.6 Å². The molecule has 0 saturated carbocycles. The highest BCUT2D eigenvalue weighted by atomic mass is 19.1. The summed E-state index contributed by atoms with van der Waals surface area (Å²) in [6, 6.07) is 0.751. The zero-order valence-electron chi connectivity index (χ0n) is 15.0. The number of halogens is 2. The average molecular weight is 378 g/mol. The van der Waals surface area contributed by atoms with Gasteiger partial charge in [-0.2, -0.15) is 0 Å². The van der Waals surface area contributed by atoms with Crippen molar-refractivity contribution in [3.63, 3.8) is 0 Å². The van der Waals surface area contributed by atoms with Gasteiger partial charge in [-0.3, -0.25) is 9.47 Å². The number of benzene rings is 1. The highest BCUT2D eigenvalue weighted by molar-refractivity contribution is 5.94. The summed E-state index contributed by atoms with van der Waals surface area (Å²) in [7, 11) is 0. The molecule has 2 aliphatic heterocycles. The second-order valence-corrected chi connectivity index (χ2v) is 7.80. The lowest BCUT2D eigenvalue weighted by Gasteiger charge is -2.23. The maximum atomic E-state index is 15.5. The Morgan fingerprint density at radius 3 is 2.56 bits per heavy atom. The van der Waals surface area contributed by atoms with Crippen molar-refractivity contribution >= 4 is 22.6 Å². The lowest BCUT2D eigenvalue weighted by atomic mass is 10.1. The van der Waals surface area contributed by atoms with Crippen molar-refractivity contribution in [3.05, 3.63) is 39.7 Å². The monoisotopic (exact) mass is 378 g/mol. The predicted octanol–water partition coefficient (Wildman–Crippen LogP) is 1.25. The molecule has 3 heterocycles. The normalized spacial score (nSPS) is 21.1. The number of nitrogens with two attached hydrogens (primary N) is 1. The van der Waals surface area contributed by atoms with Gasteiger partial charge in [-0.25, -0.2) is 13.6 Å². The summed E-state index contributed by atoms with van der Waals surface area (Å²) in [6.07, 6.45) is 1.73. The van der Waals surface area contributed by atoms with E-state index in [1.807, 2.05) is 13.8 Å². The zero-order valence-corrected chi connectivity index (χ0v) is 15.0. The molecule has 2 fully saturated rings. The van der Waals surface area contributed by atoms with Crippen LogP contribution in [-0.4, -0.2) is 47.0 Å². The van der Waals surface area contributed by atoms with Gasteiger partial charge in [0.25, 0.3) is 0 Å². The first-order valence-electron chi connectivity index (χ1n) is 8.71. The van der Waals surface area contributed by atoms with E-state index in [9.17, 15) is 19.1 Å². The maximum Gasteiger partial charge on any atom is 0.341 e. The first-order chi connectivity index (χ1) is 12.6. The van der Waals surface area contributed by atoms with Gasteiger partial charge >= 0.3 is 5.97 Å². The molecule has 0 spiro atoms. The Labute approximate surface area is 153 Å². The lowest BCUT2D eigenvalue weighted by Crippen LogP contribution is -2.30. The second-order valence-electron chi connectivity index (χ2n) is 7.80. The number of rotatable bonds is 3. The van der Waals surface area contributed by atoms with Crippen LogP contribution in [0.3, 0.4) is 0 Å². The van der Waals surface area contributed by atoms with Gasteiger partial charge in [-0.1, -0.05) is 0 Å². The zero-order chi connectivity index (χ0) is 19.7. The molecule has 2 aromatic rings. The molecule has 1 aromatic carbocycles. The largest absolute Gasteiger partial charge is 0.477 e. The molecule has 1 atom stereocenters. The first-order valence-corrected chi connectivity index (χ1v) is 8.71. The van der Waals surface area contributed by atoms with E-state index < -0.39 is 28.6 Å². The van der Waals surface area contributed by atoms with Crippen LogP contribution in [0.15, 0.2) is 17.1 Å². The van der Waals surface area contributed by atoms with Gasteiger partial charge in [0.2, 0.25) is 5.43 Å². The number of aromatic nitrogens is 1. The number of aromatic carboxylic acids is 1. The molecule has 144 valence electrons. The third kappa shape index (κ3) is 2.64. The van der Waals surface area contributed by atoms with Gasteiger partial charge in [0.05, 0.1) is 17.5 Å². The third-order valence-electron chi connectivity index (χ3n) is 5.30. The number of carboxylic acid groups (broad SMARTS) is 1.